The molecule has 1 fully saturated rings. The minimum Gasteiger partial charge on any atom is -0.356 e. The first kappa shape index (κ1) is 10.7. The number of H-pyrrole nitrogens is 1. The molecule has 2 rings (SSSR count). The van der Waals surface area contributed by atoms with Gasteiger partial charge in [0.2, 0.25) is 0 Å². The second-order valence-corrected chi connectivity index (χ2v) is 4.24. The molecule has 0 aliphatic carbocycles. The van der Waals surface area contributed by atoms with Gasteiger partial charge in [-0.1, -0.05) is 6.92 Å². The first-order valence-electron chi connectivity index (χ1n) is 5.45. The van der Waals surface area contributed by atoms with Crippen LogP contribution in [-0.2, 0) is 0 Å². The number of hydrogen-bond donors (Lipinski definition) is 1. The number of nitrogens with one attached hydrogen (secondary N) is 1. The van der Waals surface area contributed by atoms with Gasteiger partial charge in [-0.25, -0.2) is 4.79 Å². The van der Waals surface area contributed by atoms with Crippen molar-refractivity contribution in [2.24, 2.45) is 5.92 Å². The highest BCUT2D eigenvalue weighted by molar-refractivity contribution is 5.42. The fourth-order valence-electron chi connectivity index (χ4n) is 1.90. The van der Waals surface area contributed by atoms with Gasteiger partial charge in [0.15, 0.2) is 0 Å². The molecule has 1 saturated heterocycles. The summed E-state index contributed by atoms with van der Waals surface area (Å²) in [5, 5.41) is 8.76. The second-order valence-electron chi connectivity index (χ2n) is 4.24. The van der Waals surface area contributed by atoms with Crippen molar-refractivity contribution in [3.8, 4) is 6.07 Å². The van der Waals surface area contributed by atoms with Crippen molar-refractivity contribution in [3.05, 3.63) is 22.2 Å². The zero-order valence-corrected chi connectivity index (χ0v) is 9.23. The van der Waals surface area contributed by atoms with Gasteiger partial charge in [-0.05, 0) is 18.8 Å². The summed E-state index contributed by atoms with van der Waals surface area (Å²) in [4.78, 5) is 19.6. The van der Waals surface area contributed by atoms with E-state index in [0.29, 0.717) is 5.82 Å². The van der Waals surface area contributed by atoms with Gasteiger partial charge in [0.1, 0.15) is 17.6 Å². The van der Waals surface area contributed by atoms with E-state index in [1.54, 1.807) is 6.07 Å². The van der Waals surface area contributed by atoms with Crippen molar-refractivity contribution in [2.75, 3.05) is 18.0 Å². The summed E-state index contributed by atoms with van der Waals surface area (Å²) < 4.78 is 0. The van der Waals surface area contributed by atoms with Crippen LogP contribution in [0.1, 0.15) is 25.5 Å². The Morgan fingerprint density at radius 3 is 2.88 bits per heavy atom. The lowest BCUT2D eigenvalue weighted by Crippen LogP contribution is -2.34. The summed E-state index contributed by atoms with van der Waals surface area (Å²) in [5.41, 5.74) is -0.179. The van der Waals surface area contributed by atoms with Gasteiger partial charge >= 0.3 is 5.69 Å². The monoisotopic (exact) mass is 218 g/mol. The molecule has 16 heavy (non-hydrogen) atoms. The molecule has 0 bridgehead atoms. The van der Waals surface area contributed by atoms with Crippen LogP contribution < -0.4 is 10.6 Å². The van der Waals surface area contributed by atoms with E-state index in [-0.39, 0.29) is 5.69 Å². The van der Waals surface area contributed by atoms with Gasteiger partial charge in [-0.2, -0.15) is 10.2 Å². The van der Waals surface area contributed by atoms with Crippen LogP contribution in [0.4, 0.5) is 5.82 Å². The van der Waals surface area contributed by atoms with Crippen LogP contribution >= 0.6 is 0 Å². The Labute approximate surface area is 93.7 Å². The Morgan fingerprint density at radius 2 is 2.25 bits per heavy atom. The number of aromatic amines is 1. The van der Waals surface area contributed by atoms with Crippen LogP contribution in [0, 0.1) is 17.2 Å². The maximum Gasteiger partial charge on any atom is 0.347 e. The van der Waals surface area contributed by atoms with Crippen molar-refractivity contribution in [1.29, 1.82) is 5.26 Å². The zero-order valence-electron chi connectivity index (χ0n) is 9.23. The van der Waals surface area contributed by atoms with Crippen molar-refractivity contribution < 1.29 is 0 Å². The molecule has 5 heteroatoms. The fourth-order valence-corrected chi connectivity index (χ4v) is 1.90. The average molecular weight is 218 g/mol. The number of nitrogens with zero attached hydrogens (tertiary/aromatic N) is 3. The van der Waals surface area contributed by atoms with E-state index in [1.165, 1.54) is 0 Å². The molecule has 1 N–H and O–H groups in total. The smallest absolute Gasteiger partial charge is 0.347 e. The summed E-state index contributed by atoms with van der Waals surface area (Å²) >= 11 is 0. The quantitative estimate of drug-likeness (QED) is 0.759. The van der Waals surface area contributed by atoms with E-state index >= 15 is 0 Å². The second kappa shape index (κ2) is 4.35. The van der Waals surface area contributed by atoms with Gasteiger partial charge in [-0.3, -0.25) is 4.98 Å². The molecule has 5 nitrogen and oxygen atoms in total. The average Bonchev–Trinajstić information content (AvgIpc) is 2.29. The molecular formula is C11H14N4O. The molecule has 1 aliphatic rings. The Morgan fingerprint density at radius 1 is 1.56 bits per heavy atom. The summed E-state index contributed by atoms with van der Waals surface area (Å²) in [6, 6.07) is 3.57. The number of rotatable bonds is 1. The van der Waals surface area contributed by atoms with Crippen molar-refractivity contribution in [2.45, 2.75) is 19.8 Å². The van der Waals surface area contributed by atoms with Gasteiger partial charge in [0.25, 0.3) is 0 Å². The summed E-state index contributed by atoms with van der Waals surface area (Å²) in [5.74, 6) is 1.35. The van der Waals surface area contributed by atoms with E-state index in [0.717, 1.165) is 31.8 Å². The molecule has 1 aromatic heterocycles. The lowest BCUT2D eigenvalue weighted by atomic mass is 9.99. The molecule has 2 heterocycles. The van der Waals surface area contributed by atoms with Gasteiger partial charge in [-0.15, -0.1) is 0 Å². The molecule has 0 saturated carbocycles. The van der Waals surface area contributed by atoms with Crippen LogP contribution in [0.3, 0.4) is 0 Å². The Bertz CT molecular complexity index is 466. The van der Waals surface area contributed by atoms with Crippen molar-refractivity contribution in [3.63, 3.8) is 0 Å². The zero-order chi connectivity index (χ0) is 11.5. The number of nitriles is 1. The maximum atomic E-state index is 11.2. The third kappa shape index (κ3) is 2.22. The number of aromatic nitrogens is 2. The predicted octanol–water partition coefficient (Wildman–Crippen LogP) is 0.878. The molecular weight excluding hydrogens is 204 g/mol. The topological polar surface area (TPSA) is 72.8 Å². The molecule has 0 spiro atoms. The van der Waals surface area contributed by atoms with Crippen LogP contribution in [0.25, 0.3) is 0 Å². The number of anilines is 1. The molecule has 1 aliphatic heterocycles. The number of piperidine rings is 1. The number of hydrogen-bond acceptors (Lipinski definition) is 4. The molecule has 0 radical (unpaired) electrons. The Kier molecular flexibility index (Phi) is 2.91. The first-order chi connectivity index (χ1) is 7.69. The van der Waals surface area contributed by atoms with E-state index in [4.69, 9.17) is 5.26 Å². The van der Waals surface area contributed by atoms with Crippen LogP contribution in [-0.4, -0.2) is 23.1 Å². The molecule has 84 valence electrons. The van der Waals surface area contributed by atoms with E-state index in [1.807, 2.05) is 6.07 Å². The standard InChI is InChI=1S/C11H14N4O/c1-8-2-4-15(5-3-8)10-6-9(7-12)13-11(16)14-10/h6,8H,2-5H2,1H3,(H,13,14,16). The van der Waals surface area contributed by atoms with Crippen LogP contribution in [0.2, 0.25) is 0 Å². The Balaban J connectivity index is 2.24. The highest BCUT2D eigenvalue weighted by atomic mass is 16.1. The minimum atomic E-state index is -0.451. The normalized spacial score (nSPS) is 17.1. The van der Waals surface area contributed by atoms with Crippen LogP contribution in [0.5, 0.6) is 0 Å². The van der Waals surface area contributed by atoms with Crippen molar-refractivity contribution in [1.82, 2.24) is 9.97 Å². The van der Waals surface area contributed by atoms with Gasteiger partial charge < -0.3 is 4.90 Å². The van der Waals surface area contributed by atoms with Gasteiger partial charge in [0, 0.05) is 19.2 Å². The molecule has 0 atom stereocenters. The summed E-state index contributed by atoms with van der Waals surface area (Å²) in [6.45, 7) is 4.04. The Hall–Kier alpha value is -1.83. The minimum absolute atomic E-state index is 0.272. The van der Waals surface area contributed by atoms with E-state index in [9.17, 15) is 4.79 Å². The summed E-state index contributed by atoms with van der Waals surface area (Å²) in [6.07, 6.45) is 2.22. The summed E-state index contributed by atoms with van der Waals surface area (Å²) in [7, 11) is 0. The molecule has 0 amide bonds. The van der Waals surface area contributed by atoms with Crippen LogP contribution in [0.15, 0.2) is 10.9 Å². The molecule has 1 aromatic rings. The highest BCUT2D eigenvalue weighted by Gasteiger charge is 2.17. The molecule has 0 unspecified atom stereocenters. The maximum absolute atomic E-state index is 11.2. The van der Waals surface area contributed by atoms with E-state index < -0.39 is 5.69 Å². The largest absolute Gasteiger partial charge is 0.356 e. The lowest BCUT2D eigenvalue weighted by Gasteiger charge is -2.30. The lowest BCUT2D eigenvalue weighted by molar-refractivity contribution is 0.436. The highest BCUT2D eigenvalue weighted by Crippen LogP contribution is 2.20. The van der Waals surface area contributed by atoms with Crippen molar-refractivity contribution >= 4 is 5.82 Å². The predicted molar refractivity (Wildman–Crippen MR) is 60.2 cm³/mol. The first-order valence-corrected chi connectivity index (χ1v) is 5.45. The molecule has 0 aromatic carbocycles. The third-order valence-electron chi connectivity index (χ3n) is 2.96. The fraction of sp³-hybridized carbons (Fsp3) is 0.545. The third-order valence-corrected chi connectivity index (χ3v) is 2.96. The SMILES string of the molecule is CC1CCN(c2cc(C#N)[nH]c(=O)n2)CC1. The van der Waals surface area contributed by atoms with Gasteiger partial charge in [0.05, 0.1) is 0 Å². The van der Waals surface area contributed by atoms with E-state index in [2.05, 4.69) is 21.8 Å².